The highest BCUT2D eigenvalue weighted by atomic mass is 32.1. The summed E-state index contributed by atoms with van der Waals surface area (Å²) in [6.07, 6.45) is 0. The van der Waals surface area contributed by atoms with Crippen LogP contribution in [0.4, 0.5) is 5.13 Å². The molecule has 1 aromatic heterocycles. The van der Waals surface area contributed by atoms with E-state index in [1.807, 2.05) is 0 Å². The SMILES string of the molecule is Cc1ccc(-c2csc3[n+]2CCN3)c(C)c1. The van der Waals surface area contributed by atoms with E-state index < -0.39 is 0 Å². The van der Waals surface area contributed by atoms with Crippen molar-refractivity contribution in [3.05, 3.63) is 34.7 Å². The Morgan fingerprint density at radius 3 is 3.00 bits per heavy atom. The zero-order valence-corrected chi connectivity index (χ0v) is 10.4. The van der Waals surface area contributed by atoms with E-state index in [0.29, 0.717) is 0 Å². The van der Waals surface area contributed by atoms with E-state index in [1.165, 1.54) is 27.5 Å². The average Bonchev–Trinajstić information content (AvgIpc) is 2.80. The fraction of sp³-hybridized carbons (Fsp3) is 0.308. The topological polar surface area (TPSA) is 15.9 Å². The minimum Gasteiger partial charge on any atom is -0.261 e. The number of nitrogens with one attached hydrogen (secondary N) is 1. The molecule has 82 valence electrons. The van der Waals surface area contributed by atoms with E-state index in [0.717, 1.165) is 13.1 Å². The molecule has 16 heavy (non-hydrogen) atoms. The van der Waals surface area contributed by atoms with Gasteiger partial charge in [0.1, 0.15) is 18.8 Å². The van der Waals surface area contributed by atoms with Crippen LogP contribution in [0.1, 0.15) is 11.1 Å². The largest absolute Gasteiger partial charge is 0.334 e. The second-order valence-electron chi connectivity index (χ2n) is 4.32. The molecule has 0 aliphatic carbocycles. The summed E-state index contributed by atoms with van der Waals surface area (Å²) in [6.45, 7) is 6.48. The number of hydrogen-bond acceptors (Lipinski definition) is 2. The van der Waals surface area contributed by atoms with Crippen molar-refractivity contribution >= 4 is 16.5 Å². The maximum atomic E-state index is 3.40. The molecule has 1 aliphatic heterocycles. The number of rotatable bonds is 1. The lowest BCUT2D eigenvalue weighted by atomic mass is 10.0. The first-order chi connectivity index (χ1) is 7.75. The molecular weight excluding hydrogens is 216 g/mol. The zero-order valence-electron chi connectivity index (χ0n) is 9.58. The molecule has 1 N–H and O–H groups in total. The van der Waals surface area contributed by atoms with Crippen molar-refractivity contribution in [1.29, 1.82) is 0 Å². The predicted octanol–water partition coefficient (Wildman–Crippen LogP) is 2.74. The standard InChI is InChI=1S/C13H14N2S/c1-9-3-4-11(10(2)7-9)12-8-16-13-14-5-6-15(12)13/h3-4,7-8H,5-6H2,1-2H3/p+1. The molecule has 0 saturated carbocycles. The molecule has 0 bridgehead atoms. The summed E-state index contributed by atoms with van der Waals surface area (Å²) in [4.78, 5) is 0. The van der Waals surface area contributed by atoms with Crippen molar-refractivity contribution in [2.24, 2.45) is 0 Å². The van der Waals surface area contributed by atoms with Crippen molar-refractivity contribution in [1.82, 2.24) is 0 Å². The first-order valence-electron chi connectivity index (χ1n) is 5.58. The smallest absolute Gasteiger partial charge is 0.261 e. The van der Waals surface area contributed by atoms with Crippen LogP contribution >= 0.6 is 11.3 Å². The molecular formula is C13H15N2S+. The number of benzene rings is 1. The minimum absolute atomic E-state index is 1.06. The summed E-state index contributed by atoms with van der Waals surface area (Å²) in [5.41, 5.74) is 5.40. The van der Waals surface area contributed by atoms with Gasteiger partial charge in [0, 0.05) is 10.9 Å². The Morgan fingerprint density at radius 2 is 2.19 bits per heavy atom. The Labute approximate surface area is 99.6 Å². The third kappa shape index (κ3) is 1.43. The van der Waals surface area contributed by atoms with Gasteiger partial charge in [-0.05, 0) is 19.4 Å². The second kappa shape index (κ2) is 3.59. The monoisotopic (exact) mass is 231 g/mol. The summed E-state index contributed by atoms with van der Waals surface area (Å²) >= 11 is 1.80. The predicted molar refractivity (Wildman–Crippen MR) is 67.9 cm³/mol. The van der Waals surface area contributed by atoms with E-state index in [1.54, 1.807) is 11.3 Å². The Balaban J connectivity index is 2.15. The highest BCUT2D eigenvalue weighted by Gasteiger charge is 2.24. The van der Waals surface area contributed by atoms with Gasteiger partial charge in [-0.3, -0.25) is 5.32 Å². The summed E-state index contributed by atoms with van der Waals surface area (Å²) in [5, 5.41) is 6.94. The second-order valence-corrected chi connectivity index (χ2v) is 5.18. The molecule has 2 nitrogen and oxygen atoms in total. The summed E-state index contributed by atoms with van der Waals surface area (Å²) in [6, 6.07) is 6.68. The van der Waals surface area contributed by atoms with Gasteiger partial charge in [0.05, 0.1) is 0 Å². The van der Waals surface area contributed by atoms with Crippen LogP contribution in [-0.4, -0.2) is 6.54 Å². The normalized spacial score (nSPS) is 13.6. The Bertz CT molecular complexity index is 543. The molecule has 0 unspecified atom stereocenters. The van der Waals surface area contributed by atoms with Gasteiger partial charge in [-0.15, -0.1) is 0 Å². The van der Waals surface area contributed by atoms with Crippen LogP contribution in [0.25, 0.3) is 11.3 Å². The summed E-state index contributed by atoms with van der Waals surface area (Å²) in [7, 11) is 0. The van der Waals surface area contributed by atoms with Crippen LogP contribution in [-0.2, 0) is 6.54 Å². The Morgan fingerprint density at radius 1 is 1.31 bits per heavy atom. The van der Waals surface area contributed by atoms with Crippen LogP contribution in [0.3, 0.4) is 0 Å². The lowest BCUT2D eigenvalue weighted by Gasteiger charge is -2.04. The van der Waals surface area contributed by atoms with Gasteiger partial charge < -0.3 is 0 Å². The van der Waals surface area contributed by atoms with Crippen molar-refractivity contribution in [2.45, 2.75) is 20.4 Å². The van der Waals surface area contributed by atoms with Crippen molar-refractivity contribution in [3.8, 4) is 11.3 Å². The number of aryl methyl sites for hydroxylation is 2. The Hall–Kier alpha value is -1.35. The molecule has 3 heteroatoms. The third-order valence-electron chi connectivity index (χ3n) is 3.09. The maximum Gasteiger partial charge on any atom is 0.334 e. The van der Waals surface area contributed by atoms with Gasteiger partial charge in [-0.25, -0.2) is 4.57 Å². The molecule has 0 fully saturated rings. The number of hydrogen-bond donors (Lipinski definition) is 1. The molecule has 2 aromatic rings. The lowest BCUT2D eigenvalue weighted by molar-refractivity contribution is -0.655. The third-order valence-corrected chi connectivity index (χ3v) is 4.02. The van der Waals surface area contributed by atoms with Crippen LogP contribution in [0.2, 0.25) is 0 Å². The molecule has 0 amide bonds. The summed E-state index contributed by atoms with van der Waals surface area (Å²) in [5.74, 6) is 0. The zero-order chi connectivity index (χ0) is 11.1. The first kappa shape index (κ1) is 9.85. The van der Waals surface area contributed by atoms with Gasteiger partial charge in [-0.1, -0.05) is 35.1 Å². The highest BCUT2D eigenvalue weighted by molar-refractivity contribution is 7.13. The fourth-order valence-corrected chi connectivity index (χ4v) is 3.27. The van der Waals surface area contributed by atoms with Crippen molar-refractivity contribution in [2.75, 3.05) is 11.9 Å². The lowest BCUT2D eigenvalue weighted by Crippen LogP contribution is -2.31. The van der Waals surface area contributed by atoms with Crippen molar-refractivity contribution < 1.29 is 4.57 Å². The van der Waals surface area contributed by atoms with Crippen LogP contribution in [0, 0.1) is 13.8 Å². The molecule has 3 rings (SSSR count). The van der Waals surface area contributed by atoms with E-state index in [9.17, 15) is 0 Å². The molecule has 1 aliphatic rings. The van der Waals surface area contributed by atoms with Crippen LogP contribution in [0.5, 0.6) is 0 Å². The molecule has 0 atom stereocenters. The number of aromatic nitrogens is 1. The van der Waals surface area contributed by atoms with E-state index in [4.69, 9.17) is 0 Å². The fourth-order valence-electron chi connectivity index (χ4n) is 2.29. The van der Waals surface area contributed by atoms with E-state index in [2.05, 4.69) is 47.3 Å². The van der Waals surface area contributed by atoms with Crippen LogP contribution in [0.15, 0.2) is 23.6 Å². The van der Waals surface area contributed by atoms with Gasteiger partial charge >= 0.3 is 5.13 Å². The average molecular weight is 231 g/mol. The molecule has 1 aromatic carbocycles. The molecule has 0 radical (unpaired) electrons. The highest BCUT2D eigenvalue weighted by Crippen LogP contribution is 2.27. The van der Waals surface area contributed by atoms with Gasteiger partial charge in [0.15, 0.2) is 0 Å². The van der Waals surface area contributed by atoms with E-state index in [-0.39, 0.29) is 0 Å². The van der Waals surface area contributed by atoms with Crippen molar-refractivity contribution in [3.63, 3.8) is 0 Å². The van der Waals surface area contributed by atoms with Gasteiger partial charge in [0.2, 0.25) is 0 Å². The minimum atomic E-state index is 1.06. The van der Waals surface area contributed by atoms with Crippen LogP contribution < -0.4 is 9.88 Å². The number of fused-ring (bicyclic) bond motifs is 1. The van der Waals surface area contributed by atoms with Gasteiger partial charge in [-0.2, -0.15) is 0 Å². The maximum absolute atomic E-state index is 3.40. The quantitative estimate of drug-likeness (QED) is 0.746. The Kier molecular flexibility index (Phi) is 2.21. The van der Waals surface area contributed by atoms with Gasteiger partial charge in [0.25, 0.3) is 0 Å². The number of anilines is 1. The number of thiazole rings is 1. The molecule has 0 saturated heterocycles. The molecule has 2 heterocycles. The van der Waals surface area contributed by atoms with E-state index >= 15 is 0 Å². The first-order valence-corrected chi connectivity index (χ1v) is 6.46. The summed E-state index contributed by atoms with van der Waals surface area (Å²) < 4.78 is 2.38. The molecule has 0 spiro atoms. The number of nitrogens with zero attached hydrogens (tertiary/aromatic N) is 1.